The number of benzene rings is 2. The molecule has 3 heterocycles. The van der Waals surface area contributed by atoms with Gasteiger partial charge in [0.05, 0.1) is 13.7 Å². The highest BCUT2D eigenvalue weighted by molar-refractivity contribution is 7.13. The average Bonchev–Trinajstić information content (AvgIpc) is 3.46. The van der Waals surface area contributed by atoms with Crippen LogP contribution in [0.2, 0.25) is 0 Å². The minimum absolute atomic E-state index is 0.00248. The zero-order chi connectivity index (χ0) is 31.6. The van der Waals surface area contributed by atoms with Gasteiger partial charge >= 0.3 is 5.97 Å². The number of aliphatic hydroxyl groups excluding tert-OH is 1. The number of aliphatic hydroxyl groups is 1. The second-order valence-corrected chi connectivity index (χ2v) is 10.5. The lowest BCUT2D eigenvalue weighted by molar-refractivity contribution is 0.0594. The topological polar surface area (TPSA) is 153 Å². The highest BCUT2D eigenvalue weighted by Crippen LogP contribution is 2.43. The summed E-state index contributed by atoms with van der Waals surface area (Å²) in [5.41, 5.74) is 9.98. The number of hydrogen-bond acceptors (Lipinski definition) is 9. The van der Waals surface area contributed by atoms with Crippen molar-refractivity contribution >= 4 is 34.8 Å². The molecule has 1 aliphatic heterocycles. The number of esters is 1. The van der Waals surface area contributed by atoms with Crippen LogP contribution in [0.3, 0.4) is 0 Å². The summed E-state index contributed by atoms with van der Waals surface area (Å²) < 4.78 is 11.1. The third-order valence-corrected chi connectivity index (χ3v) is 7.84. The number of nitrogens with two attached hydrogens (primary N) is 1. The third kappa shape index (κ3) is 7.13. The second kappa shape index (κ2) is 15.2. The van der Waals surface area contributed by atoms with E-state index in [0.717, 1.165) is 21.6 Å². The van der Waals surface area contributed by atoms with Crippen molar-refractivity contribution in [2.45, 2.75) is 33.2 Å². The molecule has 0 bridgehead atoms. The van der Waals surface area contributed by atoms with Crippen LogP contribution >= 0.6 is 11.3 Å². The summed E-state index contributed by atoms with van der Waals surface area (Å²) >= 11 is 1.57. The Labute approximate surface area is 260 Å². The van der Waals surface area contributed by atoms with Gasteiger partial charge in [0, 0.05) is 58.9 Å². The van der Waals surface area contributed by atoms with Gasteiger partial charge in [0.1, 0.15) is 11.4 Å². The van der Waals surface area contributed by atoms with Gasteiger partial charge in [-0.1, -0.05) is 26.0 Å². The molecular weight excluding hydrogens is 580 g/mol. The van der Waals surface area contributed by atoms with Crippen LogP contribution < -0.4 is 21.1 Å². The van der Waals surface area contributed by atoms with E-state index in [-0.39, 0.29) is 30.1 Å². The summed E-state index contributed by atoms with van der Waals surface area (Å²) in [7, 11) is 1.22. The lowest BCUT2D eigenvalue weighted by Gasteiger charge is -2.17. The molecule has 2 amide bonds. The van der Waals surface area contributed by atoms with Crippen LogP contribution in [0.25, 0.3) is 21.6 Å². The summed E-state index contributed by atoms with van der Waals surface area (Å²) in [5, 5.41) is 16.6. The molecule has 0 unspecified atom stereocenters. The zero-order valence-electron chi connectivity index (χ0n) is 24.9. The SMILES string of the molecule is CC.COC(=O)c1nc(C(=O)NCCCO)ccc1-c1cc2c(cc1C(=O)Nc1ccc(CN)cc1)-c1sccc1CCO2. The summed E-state index contributed by atoms with van der Waals surface area (Å²) in [5.74, 6) is -1.11. The number of hydrogen-bond donors (Lipinski definition) is 4. The van der Waals surface area contributed by atoms with Gasteiger partial charge in [-0.15, -0.1) is 11.3 Å². The van der Waals surface area contributed by atoms with Gasteiger partial charge in [0.25, 0.3) is 11.8 Å². The Morgan fingerprint density at radius 2 is 1.80 bits per heavy atom. The number of nitrogens with one attached hydrogen (secondary N) is 2. The monoisotopic (exact) mass is 616 g/mol. The molecule has 44 heavy (non-hydrogen) atoms. The maximum absolute atomic E-state index is 13.9. The van der Waals surface area contributed by atoms with Gasteiger partial charge in [-0.05, 0) is 65.4 Å². The van der Waals surface area contributed by atoms with E-state index in [2.05, 4.69) is 21.7 Å². The molecule has 0 aliphatic carbocycles. The first-order chi connectivity index (χ1) is 21.4. The predicted octanol–water partition coefficient (Wildman–Crippen LogP) is 5.05. The first-order valence-electron chi connectivity index (χ1n) is 14.4. The van der Waals surface area contributed by atoms with E-state index in [0.29, 0.717) is 48.6 Å². The summed E-state index contributed by atoms with van der Waals surface area (Å²) in [6.07, 6.45) is 1.09. The molecule has 2 aromatic heterocycles. The van der Waals surface area contributed by atoms with Gasteiger partial charge in [0.2, 0.25) is 0 Å². The normalized spacial score (nSPS) is 11.5. The van der Waals surface area contributed by atoms with E-state index in [1.807, 2.05) is 31.4 Å². The molecule has 1 aliphatic rings. The summed E-state index contributed by atoms with van der Waals surface area (Å²) in [4.78, 5) is 44.8. The largest absolute Gasteiger partial charge is 0.493 e. The Balaban J connectivity index is 0.00000216. The Bertz CT molecular complexity index is 1630. The molecule has 10 nitrogen and oxygen atoms in total. The molecule has 0 radical (unpaired) electrons. The number of nitrogens with zero attached hydrogens (tertiary/aromatic N) is 1. The number of anilines is 1. The first kappa shape index (κ1) is 32.3. The summed E-state index contributed by atoms with van der Waals surface area (Å²) in [6.45, 7) is 5.00. The van der Waals surface area contributed by atoms with E-state index in [9.17, 15) is 14.4 Å². The third-order valence-electron chi connectivity index (χ3n) is 6.85. The average molecular weight is 617 g/mol. The molecule has 0 atom stereocenters. The van der Waals surface area contributed by atoms with Gasteiger partial charge < -0.3 is 30.9 Å². The molecule has 2 aromatic carbocycles. The molecular formula is C33H36N4O6S. The van der Waals surface area contributed by atoms with Crippen molar-refractivity contribution in [3.05, 3.63) is 88.1 Å². The van der Waals surface area contributed by atoms with Gasteiger partial charge in [0.15, 0.2) is 5.69 Å². The number of carbonyl (C=O) groups excluding carboxylic acids is 3. The van der Waals surface area contributed by atoms with Crippen molar-refractivity contribution < 1.29 is 29.0 Å². The van der Waals surface area contributed by atoms with Crippen LogP contribution in [0.1, 0.15) is 62.7 Å². The van der Waals surface area contributed by atoms with Crippen molar-refractivity contribution in [1.29, 1.82) is 0 Å². The number of thiophene rings is 1. The fourth-order valence-electron chi connectivity index (χ4n) is 4.68. The Hall–Kier alpha value is -4.58. The van der Waals surface area contributed by atoms with Crippen molar-refractivity contribution in [3.63, 3.8) is 0 Å². The molecule has 230 valence electrons. The number of carbonyl (C=O) groups is 3. The van der Waals surface area contributed by atoms with E-state index in [1.54, 1.807) is 41.7 Å². The van der Waals surface area contributed by atoms with Crippen molar-refractivity contribution in [1.82, 2.24) is 10.3 Å². The van der Waals surface area contributed by atoms with E-state index in [4.69, 9.17) is 20.3 Å². The fourth-order valence-corrected chi connectivity index (χ4v) is 5.65. The molecule has 5 rings (SSSR count). The lowest BCUT2D eigenvalue weighted by Crippen LogP contribution is -2.26. The van der Waals surface area contributed by atoms with Gasteiger partial charge in [-0.2, -0.15) is 0 Å². The molecule has 0 fully saturated rings. The number of fused-ring (bicyclic) bond motifs is 3. The van der Waals surface area contributed by atoms with Crippen LogP contribution in [-0.4, -0.2) is 54.7 Å². The first-order valence-corrected chi connectivity index (χ1v) is 15.3. The number of ether oxygens (including phenoxy) is 2. The minimum Gasteiger partial charge on any atom is -0.493 e. The molecule has 0 saturated carbocycles. The van der Waals surface area contributed by atoms with E-state index in [1.165, 1.54) is 13.2 Å². The van der Waals surface area contributed by atoms with Crippen molar-refractivity contribution in [2.24, 2.45) is 5.73 Å². The van der Waals surface area contributed by atoms with Crippen molar-refractivity contribution in [2.75, 3.05) is 32.2 Å². The van der Waals surface area contributed by atoms with Crippen LogP contribution in [0, 0.1) is 0 Å². The standard InChI is InChI=1S/C31H30N4O6S.C2H6/c1-40-31(39)27-21(7-8-25(35-27)30(38)33-11-2-12-36)22-16-26-24(28-19(9-13-41-26)10-14-42-28)15-23(22)29(37)34-20-5-3-18(17-32)4-6-20;1-2/h3-8,10,14-16,36H,2,9,11-13,17,32H2,1H3,(H,33,38)(H,34,37);1-2H3. The quantitative estimate of drug-likeness (QED) is 0.151. The molecule has 0 spiro atoms. The minimum atomic E-state index is -0.768. The Morgan fingerprint density at radius 3 is 2.50 bits per heavy atom. The highest BCUT2D eigenvalue weighted by Gasteiger charge is 2.27. The van der Waals surface area contributed by atoms with Crippen LogP contribution in [0.15, 0.2) is 60.0 Å². The van der Waals surface area contributed by atoms with E-state index >= 15 is 0 Å². The predicted molar refractivity (Wildman–Crippen MR) is 171 cm³/mol. The van der Waals surface area contributed by atoms with Crippen LogP contribution in [-0.2, 0) is 17.7 Å². The zero-order valence-corrected chi connectivity index (χ0v) is 25.8. The molecule has 0 saturated heterocycles. The van der Waals surface area contributed by atoms with Crippen LogP contribution in [0.4, 0.5) is 5.69 Å². The highest BCUT2D eigenvalue weighted by atomic mass is 32.1. The lowest BCUT2D eigenvalue weighted by atomic mass is 9.93. The van der Waals surface area contributed by atoms with Gasteiger partial charge in [-0.3, -0.25) is 9.59 Å². The molecule has 4 aromatic rings. The molecule has 11 heteroatoms. The number of amides is 2. The fraction of sp³-hybridized carbons (Fsp3) is 0.273. The maximum Gasteiger partial charge on any atom is 0.357 e. The molecule has 5 N–H and O–H groups in total. The number of aromatic nitrogens is 1. The van der Waals surface area contributed by atoms with E-state index < -0.39 is 17.8 Å². The number of pyridine rings is 1. The Kier molecular flexibility index (Phi) is 11.2. The number of methoxy groups -OCH3 is 1. The maximum atomic E-state index is 13.9. The Morgan fingerprint density at radius 1 is 1.02 bits per heavy atom. The van der Waals surface area contributed by atoms with Crippen molar-refractivity contribution in [3.8, 4) is 27.3 Å². The second-order valence-electron chi connectivity index (χ2n) is 9.54. The number of rotatable bonds is 9. The smallest absolute Gasteiger partial charge is 0.357 e. The van der Waals surface area contributed by atoms with Gasteiger partial charge in [-0.25, -0.2) is 9.78 Å². The van der Waals surface area contributed by atoms with Crippen LogP contribution in [0.5, 0.6) is 5.75 Å². The summed E-state index contributed by atoms with van der Waals surface area (Å²) in [6, 6.07) is 15.8.